The molecule has 5 heteroatoms. The molecule has 0 spiro atoms. The van der Waals surface area contributed by atoms with E-state index >= 15 is 0 Å². The van der Waals surface area contributed by atoms with Crippen LogP contribution in [0.1, 0.15) is 20.7 Å². The van der Waals surface area contributed by atoms with E-state index in [4.69, 9.17) is 0 Å². The van der Waals surface area contributed by atoms with Gasteiger partial charge in [0.1, 0.15) is 17.6 Å². The number of carbonyl (C=O) groups is 2. The average molecular weight is 259 g/mol. The first-order valence-corrected chi connectivity index (χ1v) is 4.45. The monoisotopic (exact) mass is 258 g/mol. The first-order valence-electron chi connectivity index (χ1n) is 3.66. The molecule has 1 aromatic carbocycles. The van der Waals surface area contributed by atoms with Crippen LogP contribution in [0.2, 0.25) is 0 Å². The average Bonchev–Trinajstić information content (AvgIpc) is 2.20. The number of phenolic OH excluding ortho intramolecular Hbond substituents is 1. The van der Waals surface area contributed by atoms with Crippen molar-refractivity contribution >= 4 is 28.2 Å². The second kappa shape index (κ2) is 4.23. The summed E-state index contributed by atoms with van der Waals surface area (Å²) < 4.78 is 4.72. The fourth-order valence-electron chi connectivity index (χ4n) is 0.954. The summed E-state index contributed by atoms with van der Waals surface area (Å²) in [4.78, 5) is 21.6. The maximum absolute atomic E-state index is 11.1. The molecule has 0 aliphatic carbocycles. The third-order valence-corrected chi connectivity index (χ3v) is 2.23. The van der Waals surface area contributed by atoms with Crippen molar-refractivity contribution in [3.63, 3.8) is 0 Å². The van der Waals surface area contributed by atoms with E-state index in [1.807, 2.05) is 0 Å². The SMILES string of the molecule is COC(=O)c1cc(C=O)cc(Br)c1O. The van der Waals surface area contributed by atoms with E-state index in [9.17, 15) is 14.7 Å². The van der Waals surface area contributed by atoms with E-state index in [-0.39, 0.29) is 21.3 Å². The summed E-state index contributed by atoms with van der Waals surface area (Å²) >= 11 is 3.02. The van der Waals surface area contributed by atoms with Crippen molar-refractivity contribution in [3.8, 4) is 5.75 Å². The van der Waals surface area contributed by atoms with Gasteiger partial charge in [0.2, 0.25) is 0 Å². The van der Waals surface area contributed by atoms with E-state index < -0.39 is 5.97 Å². The molecule has 0 heterocycles. The zero-order chi connectivity index (χ0) is 10.7. The number of aldehydes is 1. The van der Waals surface area contributed by atoms with E-state index in [2.05, 4.69) is 20.7 Å². The number of carbonyl (C=O) groups excluding carboxylic acids is 2. The van der Waals surface area contributed by atoms with Crippen LogP contribution in [0.5, 0.6) is 5.75 Å². The van der Waals surface area contributed by atoms with Crippen LogP contribution in [0, 0.1) is 0 Å². The molecule has 0 saturated carbocycles. The fourth-order valence-corrected chi connectivity index (χ4v) is 1.43. The first kappa shape index (κ1) is 10.7. The number of esters is 1. The van der Waals surface area contributed by atoms with E-state index in [1.165, 1.54) is 19.2 Å². The predicted molar refractivity (Wildman–Crippen MR) is 52.5 cm³/mol. The van der Waals surface area contributed by atoms with Gasteiger partial charge in [-0.3, -0.25) is 4.79 Å². The van der Waals surface area contributed by atoms with E-state index in [1.54, 1.807) is 0 Å². The van der Waals surface area contributed by atoms with Crippen molar-refractivity contribution in [1.29, 1.82) is 0 Å². The number of benzene rings is 1. The molecule has 0 aliphatic heterocycles. The molecule has 14 heavy (non-hydrogen) atoms. The van der Waals surface area contributed by atoms with Crippen LogP contribution < -0.4 is 0 Å². The Morgan fingerprint density at radius 2 is 2.21 bits per heavy atom. The van der Waals surface area contributed by atoms with Crippen LogP contribution >= 0.6 is 15.9 Å². The van der Waals surface area contributed by atoms with Crippen LogP contribution in [0.4, 0.5) is 0 Å². The Kier molecular flexibility index (Phi) is 3.24. The molecule has 0 saturated heterocycles. The maximum Gasteiger partial charge on any atom is 0.341 e. The van der Waals surface area contributed by atoms with Gasteiger partial charge in [0.05, 0.1) is 11.6 Å². The van der Waals surface area contributed by atoms with Gasteiger partial charge >= 0.3 is 5.97 Å². The van der Waals surface area contributed by atoms with Crippen molar-refractivity contribution in [2.45, 2.75) is 0 Å². The molecule has 0 atom stereocenters. The van der Waals surface area contributed by atoms with Gasteiger partial charge in [0, 0.05) is 5.56 Å². The summed E-state index contributed by atoms with van der Waals surface area (Å²) in [6, 6.07) is 2.67. The topological polar surface area (TPSA) is 63.6 Å². The smallest absolute Gasteiger partial charge is 0.341 e. The molecule has 0 aromatic heterocycles. The van der Waals surface area contributed by atoms with Crippen LogP contribution in [-0.2, 0) is 4.74 Å². The lowest BCUT2D eigenvalue weighted by Crippen LogP contribution is -2.02. The number of hydrogen-bond acceptors (Lipinski definition) is 4. The van der Waals surface area contributed by atoms with Crippen molar-refractivity contribution in [3.05, 3.63) is 27.7 Å². The Labute approximate surface area is 88.6 Å². The number of hydrogen-bond donors (Lipinski definition) is 1. The van der Waals surface area contributed by atoms with Crippen molar-refractivity contribution in [1.82, 2.24) is 0 Å². The maximum atomic E-state index is 11.1. The van der Waals surface area contributed by atoms with Crippen LogP contribution in [-0.4, -0.2) is 24.5 Å². The van der Waals surface area contributed by atoms with Crippen LogP contribution in [0.3, 0.4) is 0 Å². The Bertz CT molecular complexity index is 387. The number of ether oxygens (including phenoxy) is 1. The van der Waals surface area contributed by atoms with Crippen molar-refractivity contribution in [2.75, 3.05) is 7.11 Å². The molecule has 74 valence electrons. The highest BCUT2D eigenvalue weighted by atomic mass is 79.9. The first-order chi connectivity index (χ1) is 6.60. The number of rotatable bonds is 2. The summed E-state index contributed by atoms with van der Waals surface area (Å²) in [5.41, 5.74) is 0.249. The quantitative estimate of drug-likeness (QED) is 0.649. The lowest BCUT2D eigenvalue weighted by atomic mass is 10.1. The lowest BCUT2D eigenvalue weighted by molar-refractivity contribution is 0.0597. The van der Waals surface area contributed by atoms with Crippen LogP contribution in [0.25, 0.3) is 0 Å². The number of methoxy groups -OCH3 is 1. The molecule has 0 aliphatic rings. The van der Waals surface area contributed by atoms with Gasteiger partial charge in [0.15, 0.2) is 0 Å². The highest BCUT2D eigenvalue weighted by Crippen LogP contribution is 2.29. The molecular formula is C9H7BrO4. The zero-order valence-corrected chi connectivity index (χ0v) is 8.87. The molecular weight excluding hydrogens is 252 g/mol. The summed E-state index contributed by atoms with van der Waals surface area (Å²) in [5, 5.41) is 9.46. The second-order valence-electron chi connectivity index (χ2n) is 2.51. The Hall–Kier alpha value is -1.36. The Balaban J connectivity index is 3.33. The molecule has 0 radical (unpaired) electrons. The molecule has 1 N–H and O–H groups in total. The fraction of sp³-hybridized carbons (Fsp3) is 0.111. The van der Waals surface area contributed by atoms with Gasteiger partial charge in [-0.2, -0.15) is 0 Å². The normalized spacial score (nSPS) is 9.57. The standard InChI is InChI=1S/C9H7BrO4/c1-14-9(13)6-2-5(4-11)3-7(10)8(6)12/h2-4,12H,1H3. The van der Waals surface area contributed by atoms with E-state index in [0.717, 1.165) is 0 Å². The lowest BCUT2D eigenvalue weighted by Gasteiger charge is -2.04. The predicted octanol–water partition coefficient (Wildman–Crippen LogP) is 1.75. The molecule has 0 unspecified atom stereocenters. The molecule has 1 rings (SSSR count). The highest BCUT2D eigenvalue weighted by Gasteiger charge is 2.15. The second-order valence-corrected chi connectivity index (χ2v) is 3.36. The van der Waals surface area contributed by atoms with Crippen molar-refractivity contribution < 1.29 is 19.4 Å². The zero-order valence-electron chi connectivity index (χ0n) is 7.28. The third-order valence-electron chi connectivity index (χ3n) is 1.63. The third kappa shape index (κ3) is 1.93. The molecule has 0 fully saturated rings. The van der Waals surface area contributed by atoms with Gasteiger partial charge in [-0.1, -0.05) is 0 Å². The number of phenols is 1. The number of halogens is 1. The highest BCUT2D eigenvalue weighted by molar-refractivity contribution is 9.10. The molecule has 0 bridgehead atoms. The van der Waals surface area contributed by atoms with Gasteiger partial charge in [0.25, 0.3) is 0 Å². The minimum Gasteiger partial charge on any atom is -0.506 e. The molecule has 0 amide bonds. The molecule has 1 aromatic rings. The largest absolute Gasteiger partial charge is 0.506 e. The van der Waals surface area contributed by atoms with Gasteiger partial charge in [-0.25, -0.2) is 4.79 Å². The summed E-state index contributed by atoms with van der Waals surface area (Å²) in [7, 11) is 1.20. The van der Waals surface area contributed by atoms with Gasteiger partial charge < -0.3 is 9.84 Å². The Morgan fingerprint density at radius 3 is 2.71 bits per heavy atom. The van der Waals surface area contributed by atoms with Gasteiger partial charge in [-0.05, 0) is 28.1 Å². The van der Waals surface area contributed by atoms with Gasteiger partial charge in [-0.15, -0.1) is 0 Å². The minimum atomic E-state index is -0.688. The summed E-state index contributed by atoms with van der Waals surface area (Å²) in [6.07, 6.45) is 0.580. The summed E-state index contributed by atoms with van der Waals surface area (Å²) in [5.74, 6) is -0.922. The molecule has 4 nitrogen and oxygen atoms in total. The minimum absolute atomic E-state index is 0.0380. The van der Waals surface area contributed by atoms with Crippen LogP contribution in [0.15, 0.2) is 16.6 Å². The summed E-state index contributed by atoms with van der Waals surface area (Å²) in [6.45, 7) is 0. The Morgan fingerprint density at radius 1 is 1.57 bits per heavy atom. The van der Waals surface area contributed by atoms with Crippen molar-refractivity contribution in [2.24, 2.45) is 0 Å². The number of aromatic hydroxyl groups is 1. The van der Waals surface area contributed by atoms with E-state index in [0.29, 0.717) is 6.29 Å².